The predicted molar refractivity (Wildman–Crippen MR) is 75.3 cm³/mol. The Hall–Kier alpha value is -1.30. The molecule has 1 N–H and O–H groups in total. The number of carbonyl (C=O) groups is 1. The quantitative estimate of drug-likeness (QED) is 0.928. The van der Waals surface area contributed by atoms with Crippen LogP contribution < -0.4 is 0 Å². The number of hydrogen-bond acceptors (Lipinski definition) is 3. The number of benzene rings is 1. The zero-order valence-electron chi connectivity index (χ0n) is 9.98. The van der Waals surface area contributed by atoms with Crippen LogP contribution in [0.25, 0.3) is 5.69 Å². The maximum absolute atomic E-state index is 11.2. The van der Waals surface area contributed by atoms with Gasteiger partial charge in [0.2, 0.25) is 0 Å². The predicted octanol–water partition coefficient (Wildman–Crippen LogP) is 3.80. The molecule has 0 amide bonds. The van der Waals surface area contributed by atoms with Crippen molar-refractivity contribution >= 4 is 40.8 Å². The van der Waals surface area contributed by atoms with E-state index < -0.39 is 5.97 Å². The maximum atomic E-state index is 11.2. The summed E-state index contributed by atoms with van der Waals surface area (Å²) in [5.41, 5.74) is 0.873. The van der Waals surface area contributed by atoms with Gasteiger partial charge in [0.05, 0.1) is 15.7 Å². The van der Waals surface area contributed by atoms with Gasteiger partial charge in [-0.1, -0.05) is 40.0 Å². The van der Waals surface area contributed by atoms with Crippen molar-refractivity contribution in [3.63, 3.8) is 0 Å². The first kappa shape index (κ1) is 13.7. The van der Waals surface area contributed by atoms with E-state index in [-0.39, 0.29) is 11.6 Å². The number of aromatic carboxylic acids is 1. The molecule has 0 atom stereocenters. The zero-order chi connectivity index (χ0) is 14.4. The van der Waals surface area contributed by atoms with Crippen LogP contribution in [0.5, 0.6) is 0 Å². The van der Waals surface area contributed by atoms with Gasteiger partial charge in [-0.2, -0.15) is 0 Å². The Morgan fingerprint density at radius 3 is 2.35 bits per heavy atom. The van der Waals surface area contributed by atoms with Gasteiger partial charge < -0.3 is 5.11 Å². The highest BCUT2D eigenvalue weighted by Gasteiger charge is 2.35. The molecule has 1 aromatic heterocycles. The van der Waals surface area contributed by atoms with Crippen molar-refractivity contribution in [2.45, 2.75) is 18.8 Å². The SMILES string of the molecule is O=C(O)c1nnn(-c2c(Cl)cc(Cl)cc2Cl)c1C1CC1. The average Bonchev–Trinajstić information content (AvgIpc) is 3.08. The van der Waals surface area contributed by atoms with Crippen LogP contribution in [0.15, 0.2) is 12.1 Å². The smallest absolute Gasteiger partial charge is 0.358 e. The number of aromatic nitrogens is 3. The van der Waals surface area contributed by atoms with Gasteiger partial charge in [-0.05, 0) is 25.0 Å². The molecule has 1 aliphatic carbocycles. The summed E-state index contributed by atoms with van der Waals surface area (Å²) >= 11 is 18.2. The van der Waals surface area contributed by atoms with Gasteiger partial charge in [-0.3, -0.25) is 0 Å². The largest absolute Gasteiger partial charge is 0.476 e. The van der Waals surface area contributed by atoms with Gasteiger partial charge in [0.1, 0.15) is 5.69 Å². The highest BCUT2D eigenvalue weighted by atomic mass is 35.5. The van der Waals surface area contributed by atoms with Crippen LogP contribution in [0.3, 0.4) is 0 Å². The van der Waals surface area contributed by atoms with E-state index in [1.807, 2.05) is 0 Å². The molecule has 1 heterocycles. The highest BCUT2D eigenvalue weighted by Crippen LogP contribution is 2.43. The van der Waals surface area contributed by atoms with E-state index in [9.17, 15) is 9.90 Å². The Kier molecular flexibility index (Phi) is 3.36. The number of rotatable bonds is 3. The van der Waals surface area contributed by atoms with E-state index in [0.717, 1.165) is 12.8 Å². The summed E-state index contributed by atoms with van der Waals surface area (Å²) in [4.78, 5) is 11.2. The fourth-order valence-corrected chi connectivity index (χ4v) is 3.04. The Balaban J connectivity index is 2.23. The van der Waals surface area contributed by atoms with E-state index in [2.05, 4.69) is 10.3 Å². The third-order valence-corrected chi connectivity index (χ3v) is 3.86. The second-order valence-corrected chi connectivity index (χ2v) is 5.78. The number of carboxylic acids is 1. The fraction of sp³-hybridized carbons (Fsp3) is 0.250. The lowest BCUT2D eigenvalue weighted by atomic mass is 10.2. The molecule has 0 unspecified atom stereocenters. The van der Waals surface area contributed by atoms with Gasteiger partial charge in [0, 0.05) is 10.9 Å². The first-order chi connectivity index (χ1) is 9.49. The van der Waals surface area contributed by atoms with Gasteiger partial charge in [-0.15, -0.1) is 5.10 Å². The summed E-state index contributed by atoms with van der Waals surface area (Å²) in [5, 5.41) is 17.8. The van der Waals surface area contributed by atoms with Crippen molar-refractivity contribution in [1.82, 2.24) is 15.0 Å². The second kappa shape index (κ2) is 4.91. The van der Waals surface area contributed by atoms with Crippen molar-refractivity contribution in [1.29, 1.82) is 0 Å². The van der Waals surface area contributed by atoms with Crippen LogP contribution >= 0.6 is 34.8 Å². The van der Waals surface area contributed by atoms with Crippen molar-refractivity contribution in [3.05, 3.63) is 38.6 Å². The Morgan fingerprint density at radius 2 is 1.85 bits per heavy atom. The van der Waals surface area contributed by atoms with Gasteiger partial charge in [0.25, 0.3) is 0 Å². The normalized spacial score (nSPS) is 14.6. The first-order valence-corrected chi connectivity index (χ1v) is 6.96. The van der Waals surface area contributed by atoms with Crippen molar-refractivity contribution in [2.75, 3.05) is 0 Å². The molecule has 1 aromatic carbocycles. The minimum atomic E-state index is -1.11. The molecule has 5 nitrogen and oxygen atoms in total. The molecule has 1 fully saturated rings. The van der Waals surface area contributed by atoms with Gasteiger partial charge in [0.15, 0.2) is 5.69 Å². The summed E-state index contributed by atoms with van der Waals surface area (Å²) in [7, 11) is 0. The summed E-state index contributed by atoms with van der Waals surface area (Å²) in [5.74, 6) is -0.988. The van der Waals surface area contributed by atoms with Crippen molar-refractivity contribution in [3.8, 4) is 5.69 Å². The van der Waals surface area contributed by atoms with E-state index in [1.54, 1.807) is 0 Å². The molecule has 8 heteroatoms. The number of hydrogen-bond donors (Lipinski definition) is 1. The summed E-state index contributed by atoms with van der Waals surface area (Å²) in [6.45, 7) is 0. The molecular formula is C12H8Cl3N3O2. The first-order valence-electron chi connectivity index (χ1n) is 5.83. The highest BCUT2D eigenvalue weighted by molar-refractivity contribution is 6.40. The molecule has 0 bridgehead atoms. The average molecular weight is 333 g/mol. The third kappa shape index (κ3) is 2.26. The van der Waals surface area contributed by atoms with E-state index in [4.69, 9.17) is 34.8 Å². The monoisotopic (exact) mass is 331 g/mol. The number of carboxylic acid groups (broad SMARTS) is 1. The van der Waals surface area contributed by atoms with E-state index in [0.29, 0.717) is 26.4 Å². The van der Waals surface area contributed by atoms with Crippen LogP contribution in [0, 0.1) is 0 Å². The summed E-state index contributed by atoms with van der Waals surface area (Å²) < 4.78 is 1.40. The van der Waals surface area contributed by atoms with Gasteiger partial charge in [-0.25, -0.2) is 9.48 Å². The Bertz CT molecular complexity index is 687. The summed E-state index contributed by atoms with van der Waals surface area (Å²) in [6.07, 6.45) is 1.80. The fourth-order valence-electron chi connectivity index (χ4n) is 2.07. The molecule has 104 valence electrons. The lowest BCUT2D eigenvalue weighted by molar-refractivity contribution is 0.0689. The van der Waals surface area contributed by atoms with Crippen LogP contribution in [0.1, 0.15) is 34.9 Å². The number of halogens is 3. The molecule has 0 saturated heterocycles. The van der Waals surface area contributed by atoms with Crippen LogP contribution in [-0.4, -0.2) is 26.1 Å². The molecule has 0 aliphatic heterocycles. The molecular weight excluding hydrogens is 325 g/mol. The lowest BCUT2D eigenvalue weighted by Gasteiger charge is -2.10. The van der Waals surface area contributed by atoms with Crippen molar-refractivity contribution in [2.24, 2.45) is 0 Å². The molecule has 0 spiro atoms. The maximum Gasteiger partial charge on any atom is 0.358 e. The van der Waals surface area contributed by atoms with Gasteiger partial charge >= 0.3 is 5.97 Å². The molecule has 20 heavy (non-hydrogen) atoms. The second-order valence-electron chi connectivity index (χ2n) is 4.53. The van der Waals surface area contributed by atoms with E-state index >= 15 is 0 Å². The Labute approximate surface area is 129 Å². The number of nitrogens with zero attached hydrogens (tertiary/aromatic N) is 3. The van der Waals surface area contributed by atoms with Crippen molar-refractivity contribution < 1.29 is 9.90 Å². The molecule has 1 aliphatic rings. The van der Waals surface area contributed by atoms with Crippen LogP contribution in [0.2, 0.25) is 15.1 Å². The third-order valence-electron chi connectivity index (χ3n) is 3.07. The minimum Gasteiger partial charge on any atom is -0.476 e. The zero-order valence-corrected chi connectivity index (χ0v) is 12.2. The molecule has 0 radical (unpaired) electrons. The standard InChI is InChI=1S/C12H8Cl3N3O2/c13-6-3-7(14)11(8(15)4-6)18-10(5-1-2-5)9(12(19)20)16-17-18/h3-5H,1-2H2,(H,19,20). The Morgan fingerprint density at radius 1 is 1.25 bits per heavy atom. The topological polar surface area (TPSA) is 68.0 Å². The lowest BCUT2D eigenvalue weighted by Crippen LogP contribution is -2.06. The van der Waals surface area contributed by atoms with Crippen LogP contribution in [-0.2, 0) is 0 Å². The molecule has 2 aromatic rings. The molecule has 3 rings (SSSR count). The minimum absolute atomic E-state index is 0.0606. The summed E-state index contributed by atoms with van der Waals surface area (Å²) in [6, 6.07) is 3.06. The van der Waals surface area contributed by atoms with E-state index in [1.165, 1.54) is 16.8 Å². The van der Waals surface area contributed by atoms with Crippen LogP contribution in [0.4, 0.5) is 0 Å². The molecule has 1 saturated carbocycles.